The van der Waals surface area contributed by atoms with Gasteiger partial charge in [-0.05, 0) is 27.4 Å². The van der Waals surface area contributed by atoms with Gasteiger partial charge in [0.25, 0.3) is 5.91 Å². The van der Waals surface area contributed by atoms with Gasteiger partial charge in [0.2, 0.25) is 10.0 Å². The lowest BCUT2D eigenvalue weighted by atomic mass is 10.5. The molecule has 4 nitrogen and oxygen atoms in total. The Bertz CT molecular complexity index is 423. The Morgan fingerprint density at radius 1 is 1.62 bits per heavy atom. The Morgan fingerprint density at radius 2 is 2.23 bits per heavy atom. The highest BCUT2D eigenvalue weighted by atomic mass is 79.9. The van der Waals surface area contributed by atoms with E-state index in [2.05, 4.69) is 15.9 Å². The molecule has 0 aliphatic carbocycles. The smallest absolute Gasteiger partial charge is 0.267 e. The average molecular weight is 284 g/mol. The van der Waals surface area contributed by atoms with Crippen LogP contribution in [0.25, 0.3) is 0 Å². The lowest BCUT2D eigenvalue weighted by Gasteiger charge is -1.99. The summed E-state index contributed by atoms with van der Waals surface area (Å²) in [4.78, 5) is 11.6. The van der Waals surface area contributed by atoms with E-state index in [4.69, 9.17) is 0 Å². The number of hydrogen-bond donors (Lipinski definition) is 1. The highest BCUT2D eigenvalue weighted by molar-refractivity contribution is 9.10. The third-order valence-corrected chi connectivity index (χ3v) is 3.49. The van der Waals surface area contributed by atoms with Crippen molar-refractivity contribution in [3.8, 4) is 0 Å². The zero-order valence-electron chi connectivity index (χ0n) is 6.57. The number of hydrogen-bond acceptors (Lipinski definition) is 4. The summed E-state index contributed by atoms with van der Waals surface area (Å²) in [6, 6.07) is 1.68. The second kappa shape index (κ2) is 3.77. The predicted molar refractivity (Wildman–Crippen MR) is 54.3 cm³/mol. The average Bonchev–Trinajstić information content (AvgIpc) is 2.30. The van der Waals surface area contributed by atoms with Gasteiger partial charge in [0.1, 0.15) is 4.88 Å². The fraction of sp³-hybridized carbons (Fsp3) is 0.167. The number of amides is 1. The van der Waals surface area contributed by atoms with Gasteiger partial charge in [-0.15, -0.1) is 11.3 Å². The maximum absolute atomic E-state index is 11.2. The Morgan fingerprint density at radius 3 is 2.62 bits per heavy atom. The minimum Gasteiger partial charge on any atom is -0.267 e. The predicted octanol–water partition coefficient (Wildman–Crippen LogP) is 1.20. The molecular formula is C6H6BrNO3S2. The summed E-state index contributed by atoms with van der Waals surface area (Å²) in [5.74, 6) is -0.607. The lowest BCUT2D eigenvalue weighted by Crippen LogP contribution is -2.28. The largest absolute Gasteiger partial charge is 0.275 e. The third-order valence-electron chi connectivity index (χ3n) is 1.10. The Hall–Kier alpha value is -0.400. The van der Waals surface area contributed by atoms with Crippen molar-refractivity contribution in [1.29, 1.82) is 0 Å². The van der Waals surface area contributed by atoms with Crippen LogP contribution in [-0.4, -0.2) is 20.6 Å². The van der Waals surface area contributed by atoms with E-state index >= 15 is 0 Å². The van der Waals surface area contributed by atoms with Gasteiger partial charge < -0.3 is 0 Å². The summed E-state index contributed by atoms with van der Waals surface area (Å²) in [6.45, 7) is 0. The second-order valence-corrected chi connectivity index (χ2v) is 5.82. The maximum atomic E-state index is 11.2. The molecule has 13 heavy (non-hydrogen) atoms. The van der Waals surface area contributed by atoms with E-state index in [1.165, 1.54) is 11.3 Å². The van der Waals surface area contributed by atoms with E-state index in [1.807, 2.05) is 4.72 Å². The molecule has 0 saturated heterocycles. The number of nitrogens with one attached hydrogen (secondary N) is 1. The van der Waals surface area contributed by atoms with Gasteiger partial charge in [-0.3, -0.25) is 4.79 Å². The standard InChI is InChI=1S/C6H6BrNO3S2/c1-13(10,11)8-6(9)5-4(7)2-3-12-5/h2-3H,1H3,(H,8,9). The van der Waals surface area contributed by atoms with Gasteiger partial charge in [0.05, 0.1) is 6.26 Å². The van der Waals surface area contributed by atoms with E-state index in [1.54, 1.807) is 11.4 Å². The van der Waals surface area contributed by atoms with Gasteiger partial charge in [-0.25, -0.2) is 13.1 Å². The maximum Gasteiger partial charge on any atom is 0.275 e. The Balaban J connectivity index is 2.88. The molecule has 0 atom stereocenters. The molecule has 0 saturated carbocycles. The van der Waals surface area contributed by atoms with E-state index in [0.29, 0.717) is 9.35 Å². The highest BCUT2D eigenvalue weighted by Gasteiger charge is 2.14. The van der Waals surface area contributed by atoms with Gasteiger partial charge in [-0.1, -0.05) is 0 Å². The number of carbonyl (C=O) groups excluding carboxylic acids is 1. The van der Waals surface area contributed by atoms with E-state index in [0.717, 1.165) is 6.26 Å². The molecular weight excluding hydrogens is 278 g/mol. The first-order valence-corrected chi connectivity index (χ1v) is 6.71. The number of thiophene rings is 1. The van der Waals surface area contributed by atoms with Crippen LogP contribution in [0.1, 0.15) is 9.67 Å². The van der Waals surface area contributed by atoms with Gasteiger partial charge in [0, 0.05) is 4.47 Å². The fourth-order valence-corrected chi connectivity index (χ4v) is 2.62. The zero-order valence-corrected chi connectivity index (χ0v) is 9.79. The molecule has 0 radical (unpaired) electrons. The van der Waals surface area contributed by atoms with Crippen LogP contribution in [0.2, 0.25) is 0 Å². The molecule has 0 aromatic carbocycles. The van der Waals surface area contributed by atoms with E-state index in [-0.39, 0.29) is 0 Å². The first kappa shape index (κ1) is 10.7. The summed E-state index contributed by atoms with van der Waals surface area (Å²) < 4.78 is 23.9. The molecule has 1 heterocycles. The molecule has 72 valence electrons. The van der Waals surface area contributed by atoms with E-state index < -0.39 is 15.9 Å². The molecule has 0 fully saturated rings. The van der Waals surface area contributed by atoms with Crippen LogP contribution in [0.4, 0.5) is 0 Å². The first-order valence-electron chi connectivity index (χ1n) is 3.15. The van der Waals surface area contributed by atoms with Gasteiger partial charge in [0.15, 0.2) is 0 Å². The second-order valence-electron chi connectivity index (χ2n) is 2.30. The van der Waals surface area contributed by atoms with Crippen LogP contribution in [-0.2, 0) is 10.0 Å². The molecule has 0 aliphatic heterocycles. The monoisotopic (exact) mass is 283 g/mol. The fourth-order valence-electron chi connectivity index (χ4n) is 0.670. The molecule has 1 amide bonds. The topological polar surface area (TPSA) is 63.2 Å². The first-order chi connectivity index (χ1) is 5.90. The van der Waals surface area contributed by atoms with Crippen molar-refractivity contribution in [3.63, 3.8) is 0 Å². The van der Waals surface area contributed by atoms with E-state index in [9.17, 15) is 13.2 Å². The molecule has 1 rings (SSSR count). The van der Waals surface area contributed by atoms with Crippen molar-refractivity contribution in [2.45, 2.75) is 0 Å². The molecule has 1 aromatic rings. The van der Waals surface area contributed by atoms with Crippen LogP contribution in [0.15, 0.2) is 15.9 Å². The summed E-state index contributed by atoms with van der Waals surface area (Å²) in [6.07, 6.45) is 0.937. The Labute approximate surface area is 88.1 Å². The summed E-state index contributed by atoms with van der Waals surface area (Å²) in [7, 11) is -3.48. The molecule has 0 spiro atoms. The molecule has 1 aromatic heterocycles. The van der Waals surface area contributed by atoms with Crippen LogP contribution in [0.3, 0.4) is 0 Å². The SMILES string of the molecule is CS(=O)(=O)NC(=O)c1sccc1Br. The third kappa shape index (κ3) is 3.09. The molecule has 7 heteroatoms. The van der Waals surface area contributed by atoms with Crippen molar-refractivity contribution < 1.29 is 13.2 Å². The lowest BCUT2D eigenvalue weighted by molar-refractivity contribution is 0.0985. The van der Waals surface area contributed by atoms with Crippen molar-refractivity contribution >= 4 is 43.2 Å². The molecule has 0 aliphatic rings. The van der Waals surface area contributed by atoms with Crippen LogP contribution < -0.4 is 4.72 Å². The van der Waals surface area contributed by atoms with Crippen LogP contribution >= 0.6 is 27.3 Å². The quantitative estimate of drug-likeness (QED) is 0.887. The van der Waals surface area contributed by atoms with Crippen molar-refractivity contribution in [2.24, 2.45) is 0 Å². The minimum absolute atomic E-state index is 0.352. The number of sulfonamides is 1. The van der Waals surface area contributed by atoms with Crippen LogP contribution in [0, 0.1) is 0 Å². The van der Waals surface area contributed by atoms with Crippen molar-refractivity contribution in [3.05, 3.63) is 20.8 Å². The molecule has 1 N–H and O–H groups in total. The summed E-state index contributed by atoms with van der Waals surface area (Å²) in [5, 5.41) is 1.70. The van der Waals surface area contributed by atoms with Gasteiger partial charge >= 0.3 is 0 Å². The molecule has 0 unspecified atom stereocenters. The highest BCUT2D eigenvalue weighted by Crippen LogP contribution is 2.22. The summed E-state index contributed by atoms with van der Waals surface area (Å²) >= 11 is 4.30. The molecule has 0 bridgehead atoms. The van der Waals surface area contributed by atoms with Crippen molar-refractivity contribution in [2.75, 3.05) is 6.26 Å². The zero-order chi connectivity index (χ0) is 10.1. The number of rotatable bonds is 2. The minimum atomic E-state index is -3.48. The normalized spacial score (nSPS) is 11.2. The number of halogens is 1. The van der Waals surface area contributed by atoms with Crippen LogP contribution in [0.5, 0.6) is 0 Å². The Kier molecular flexibility index (Phi) is 3.09. The van der Waals surface area contributed by atoms with Crippen molar-refractivity contribution in [1.82, 2.24) is 4.72 Å². The number of carbonyl (C=O) groups is 1. The van der Waals surface area contributed by atoms with Gasteiger partial charge in [-0.2, -0.15) is 0 Å². The summed E-state index contributed by atoms with van der Waals surface area (Å²) in [5.41, 5.74) is 0.